The maximum Gasteiger partial charge on any atom is 0.322 e. The van der Waals surface area contributed by atoms with E-state index in [4.69, 9.17) is 5.11 Å². The van der Waals surface area contributed by atoms with Gasteiger partial charge < -0.3 is 10.4 Å². The van der Waals surface area contributed by atoms with Gasteiger partial charge in [-0.15, -0.1) is 0 Å². The highest BCUT2D eigenvalue weighted by atomic mass is 16.4. The Balaban J connectivity index is 1.85. The van der Waals surface area contributed by atoms with Gasteiger partial charge in [0, 0.05) is 18.0 Å². The molecule has 122 valence electrons. The van der Waals surface area contributed by atoms with Crippen molar-refractivity contribution in [3.63, 3.8) is 0 Å². The van der Waals surface area contributed by atoms with Crippen LogP contribution in [0.25, 0.3) is 0 Å². The molecule has 8 heteroatoms. The highest BCUT2D eigenvalue weighted by molar-refractivity contribution is 6.07. The number of pyridine rings is 1. The summed E-state index contributed by atoms with van der Waals surface area (Å²) in [5, 5.41) is 14.0. The first-order chi connectivity index (χ1) is 11.0. The first kappa shape index (κ1) is 15.4. The van der Waals surface area contributed by atoms with Crippen molar-refractivity contribution in [1.82, 2.24) is 20.5 Å². The van der Waals surface area contributed by atoms with Crippen molar-refractivity contribution in [3.05, 3.63) is 30.1 Å². The van der Waals surface area contributed by atoms with E-state index in [2.05, 4.69) is 15.6 Å². The van der Waals surface area contributed by atoms with Crippen LogP contribution in [0.5, 0.6) is 0 Å². The average Bonchev–Trinajstić information content (AvgIpc) is 2.84. The third kappa shape index (κ3) is 2.77. The fourth-order valence-corrected chi connectivity index (χ4v) is 3.51. The lowest BCUT2D eigenvalue weighted by Gasteiger charge is -2.40. The minimum Gasteiger partial charge on any atom is -0.480 e. The topological polar surface area (TPSA) is 112 Å². The summed E-state index contributed by atoms with van der Waals surface area (Å²) in [6.07, 6.45) is 4.45. The van der Waals surface area contributed by atoms with Crippen molar-refractivity contribution >= 4 is 17.9 Å². The molecule has 3 heterocycles. The Bertz CT molecular complexity index is 628. The molecule has 8 nitrogen and oxygen atoms in total. The molecule has 0 bridgehead atoms. The zero-order chi connectivity index (χ0) is 16.4. The van der Waals surface area contributed by atoms with Gasteiger partial charge in [0.05, 0.1) is 6.54 Å². The van der Waals surface area contributed by atoms with E-state index in [0.717, 1.165) is 0 Å². The molecule has 0 aromatic carbocycles. The maximum absolute atomic E-state index is 12.5. The number of aliphatic carboxylic acids is 1. The van der Waals surface area contributed by atoms with Gasteiger partial charge in [-0.1, -0.05) is 6.07 Å². The number of carboxylic acids is 1. The van der Waals surface area contributed by atoms with E-state index in [1.165, 1.54) is 0 Å². The van der Waals surface area contributed by atoms with Crippen molar-refractivity contribution in [2.24, 2.45) is 5.92 Å². The smallest absolute Gasteiger partial charge is 0.322 e. The van der Waals surface area contributed by atoms with Gasteiger partial charge in [-0.05, 0) is 37.9 Å². The summed E-state index contributed by atoms with van der Waals surface area (Å²) < 4.78 is 0. The predicted molar refractivity (Wildman–Crippen MR) is 79.4 cm³/mol. The van der Waals surface area contributed by atoms with E-state index in [1.807, 2.05) is 4.90 Å². The van der Waals surface area contributed by atoms with Gasteiger partial charge in [-0.2, -0.15) is 0 Å². The highest BCUT2D eigenvalue weighted by Crippen LogP contribution is 2.38. The molecule has 0 spiro atoms. The van der Waals surface area contributed by atoms with Gasteiger partial charge in [0.15, 0.2) is 5.54 Å². The molecule has 0 aliphatic carbocycles. The van der Waals surface area contributed by atoms with Gasteiger partial charge in [0.1, 0.15) is 0 Å². The van der Waals surface area contributed by atoms with Crippen LogP contribution in [0.1, 0.15) is 18.4 Å². The fourth-order valence-electron chi connectivity index (χ4n) is 3.51. The zero-order valence-electron chi connectivity index (χ0n) is 12.5. The van der Waals surface area contributed by atoms with Crippen LogP contribution in [0.15, 0.2) is 24.5 Å². The highest BCUT2D eigenvalue weighted by Gasteiger charge is 2.53. The normalized spacial score (nSPS) is 25.9. The Hall–Kier alpha value is -2.48. The van der Waals surface area contributed by atoms with E-state index < -0.39 is 17.5 Å². The zero-order valence-corrected chi connectivity index (χ0v) is 12.5. The Morgan fingerprint density at radius 3 is 2.65 bits per heavy atom. The number of hydrogen-bond donors (Lipinski definition) is 3. The van der Waals surface area contributed by atoms with Gasteiger partial charge in [0.2, 0.25) is 0 Å². The molecule has 0 saturated carbocycles. The van der Waals surface area contributed by atoms with Crippen molar-refractivity contribution in [3.8, 4) is 0 Å². The molecule has 1 aromatic rings. The second kappa shape index (κ2) is 5.96. The summed E-state index contributed by atoms with van der Waals surface area (Å²) in [6, 6.07) is 3.00. The van der Waals surface area contributed by atoms with Crippen LogP contribution >= 0.6 is 0 Å². The predicted octanol–water partition coefficient (Wildman–Crippen LogP) is -0.0871. The minimum absolute atomic E-state index is 0.00876. The number of amides is 3. The van der Waals surface area contributed by atoms with Crippen molar-refractivity contribution in [2.75, 3.05) is 19.6 Å². The molecular weight excluding hydrogens is 300 g/mol. The molecule has 0 unspecified atom stereocenters. The maximum atomic E-state index is 12.5. The Morgan fingerprint density at radius 2 is 2.13 bits per heavy atom. The summed E-state index contributed by atoms with van der Waals surface area (Å²) in [6.45, 7) is 1.13. The number of urea groups is 1. The second-order valence-corrected chi connectivity index (χ2v) is 5.90. The molecule has 0 radical (unpaired) electrons. The number of hydrogen-bond acceptors (Lipinski definition) is 5. The van der Waals surface area contributed by atoms with Crippen LogP contribution in [-0.4, -0.2) is 52.5 Å². The van der Waals surface area contributed by atoms with Crippen LogP contribution < -0.4 is 10.6 Å². The molecule has 1 atom stereocenters. The summed E-state index contributed by atoms with van der Waals surface area (Å²) >= 11 is 0. The number of rotatable bonds is 4. The summed E-state index contributed by atoms with van der Waals surface area (Å²) in [4.78, 5) is 41.0. The number of carboxylic acid groups (broad SMARTS) is 1. The van der Waals surface area contributed by atoms with Gasteiger partial charge in [-0.3, -0.25) is 24.8 Å². The van der Waals surface area contributed by atoms with Crippen LogP contribution in [0, 0.1) is 5.92 Å². The lowest BCUT2D eigenvalue weighted by Crippen LogP contribution is -2.53. The van der Waals surface area contributed by atoms with E-state index in [1.54, 1.807) is 24.5 Å². The lowest BCUT2D eigenvalue weighted by atomic mass is 9.73. The number of aromatic nitrogens is 1. The van der Waals surface area contributed by atoms with Gasteiger partial charge in [0.25, 0.3) is 5.91 Å². The third-order valence-corrected chi connectivity index (χ3v) is 4.57. The monoisotopic (exact) mass is 318 g/mol. The molecule has 1 aromatic heterocycles. The second-order valence-electron chi connectivity index (χ2n) is 5.90. The van der Waals surface area contributed by atoms with Crippen molar-refractivity contribution in [2.45, 2.75) is 18.4 Å². The first-order valence-corrected chi connectivity index (χ1v) is 7.50. The standard InChI is InChI=1S/C15H18N4O4/c20-12(21)9-19-6-3-10(4-7-19)15(11-2-1-5-16-8-11)13(22)17-14(23)18-15/h1-2,5,8,10H,3-4,6-7,9H2,(H,20,21)(H2,17,18,22,23)/t15-/m1/s1. The molecule has 3 rings (SSSR count). The van der Waals surface area contributed by atoms with E-state index in [9.17, 15) is 14.4 Å². The molecule has 2 fully saturated rings. The number of carbonyl (C=O) groups excluding carboxylic acids is 2. The van der Waals surface area contributed by atoms with E-state index >= 15 is 0 Å². The number of nitrogens with one attached hydrogen (secondary N) is 2. The molecule has 2 aliphatic heterocycles. The minimum atomic E-state index is -1.12. The number of imide groups is 1. The van der Waals surface area contributed by atoms with Crippen LogP contribution in [0.2, 0.25) is 0 Å². The van der Waals surface area contributed by atoms with Crippen LogP contribution in [0.4, 0.5) is 4.79 Å². The summed E-state index contributed by atoms with van der Waals surface area (Å²) in [7, 11) is 0. The van der Waals surface area contributed by atoms with Gasteiger partial charge >= 0.3 is 12.0 Å². The number of nitrogens with zero attached hydrogens (tertiary/aromatic N) is 2. The fraction of sp³-hybridized carbons (Fsp3) is 0.467. The number of piperidine rings is 1. The third-order valence-electron chi connectivity index (χ3n) is 4.57. The van der Waals surface area contributed by atoms with Crippen LogP contribution in [0.3, 0.4) is 0 Å². The summed E-state index contributed by atoms with van der Waals surface area (Å²) in [5.74, 6) is -1.34. The summed E-state index contributed by atoms with van der Waals surface area (Å²) in [5.41, 5.74) is -0.472. The Morgan fingerprint density at radius 1 is 1.39 bits per heavy atom. The van der Waals surface area contributed by atoms with Crippen molar-refractivity contribution < 1.29 is 19.5 Å². The SMILES string of the molecule is O=C(O)CN1CCC([C@]2(c3cccnc3)NC(=O)NC2=O)CC1. The largest absolute Gasteiger partial charge is 0.480 e. The van der Waals surface area contributed by atoms with E-state index in [-0.39, 0.29) is 18.4 Å². The van der Waals surface area contributed by atoms with Crippen molar-refractivity contribution in [1.29, 1.82) is 0 Å². The molecule has 2 aliphatic rings. The molecule has 3 N–H and O–H groups in total. The van der Waals surface area contributed by atoms with Gasteiger partial charge in [-0.25, -0.2) is 4.79 Å². The lowest BCUT2D eigenvalue weighted by molar-refractivity contribution is -0.139. The molecule has 23 heavy (non-hydrogen) atoms. The quantitative estimate of drug-likeness (QED) is 0.669. The first-order valence-electron chi connectivity index (χ1n) is 7.50. The van der Waals surface area contributed by atoms with Crippen LogP contribution in [-0.2, 0) is 15.1 Å². The average molecular weight is 318 g/mol. The number of carbonyl (C=O) groups is 3. The number of likely N-dealkylation sites (tertiary alicyclic amines) is 1. The molecule has 2 saturated heterocycles. The molecule has 3 amide bonds. The van der Waals surface area contributed by atoms with E-state index in [0.29, 0.717) is 31.5 Å². The Labute approximate surface area is 132 Å². The molecular formula is C15H18N4O4. The Kier molecular flexibility index (Phi) is 3.99.